The minimum atomic E-state index is -0.255. The first-order chi connectivity index (χ1) is 9.07. The molecule has 1 saturated carbocycles. The first-order valence-electron chi connectivity index (χ1n) is 6.77. The highest BCUT2D eigenvalue weighted by Crippen LogP contribution is 2.41. The average Bonchev–Trinajstić information content (AvgIpc) is 2.37. The van der Waals surface area contributed by atoms with Gasteiger partial charge in [0.2, 0.25) is 5.91 Å². The number of amides is 1. The van der Waals surface area contributed by atoms with Crippen LogP contribution in [0.5, 0.6) is 0 Å². The Balaban J connectivity index is 1.88. The normalized spacial score (nSPS) is 16.8. The molecule has 1 aromatic carbocycles. The number of benzene rings is 1. The molecule has 2 N–H and O–H groups in total. The molecule has 0 atom stereocenters. The van der Waals surface area contributed by atoms with E-state index in [4.69, 9.17) is 5.73 Å². The smallest absolute Gasteiger partial charge is 0.229 e. The number of likely N-dealkylation sites (N-methyl/N-ethyl adjacent to an activating group) is 1. The molecule has 0 heterocycles. The van der Waals surface area contributed by atoms with Crippen LogP contribution in [-0.2, 0) is 11.2 Å². The molecule has 104 valence electrons. The molecule has 0 spiro atoms. The molecule has 19 heavy (non-hydrogen) atoms. The molecule has 0 bridgehead atoms. The Labute approximate surface area is 123 Å². The van der Waals surface area contributed by atoms with Crippen molar-refractivity contribution < 1.29 is 4.79 Å². The van der Waals surface area contributed by atoms with E-state index in [1.807, 2.05) is 24.1 Å². The monoisotopic (exact) mass is 324 g/mol. The topological polar surface area (TPSA) is 46.3 Å². The largest absolute Gasteiger partial charge is 0.345 e. The Kier molecular flexibility index (Phi) is 4.63. The number of carbonyl (C=O) groups is 1. The summed E-state index contributed by atoms with van der Waals surface area (Å²) in [6.45, 7) is 1.23. The van der Waals surface area contributed by atoms with Crippen LogP contribution in [0.2, 0.25) is 0 Å². The first-order valence-corrected chi connectivity index (χ1v) is 7.57. The zero-order chi connectivity index (χ0) is 13.9. The van der Waals surface area contributed by atoms with Gasteiger partial charge in [0.05, 0.1) is 5.41 Å². The molecule has 1 aromatic rings. The number of carbonyl (C=O) groups excluding carboxylic acids is 1. The third-order valence-electron chi connectivity index (χ3n) is 4.15. The number of hydrogen-bond acceptors (Lipinski definition) is 2. The van der Waals surface area contributed by atoms with E-state index < -0.39 is 0 Å². The summed E-state index contributed by atoms with van der Waals surface area (Å²) in [5, 5.41) is 0. The molecule has 2 rings (SSSR count). The zero-order valence-electron chi connectivity index (χ0n) is 11.4. The van der Waals surface area contributed by atoms with E-state index in [0.717, 1.165) is 36.7 Å². The molecule has 1 aliphatic rings. The van der Waals surface area contributed by atoms with Gasteiger partial charge in [0.25, 0.3) is 0 Å². The maximum Gasteiger partial charge on any atom is 0.229 e. The van der Waals surface area contributed by atoms with Gasteiger partial charge in [0.15, 0.2) is 0 Å². The summed E-state index contributed by atoms with van der Waals surface area (Å²) in [6, 6.07) is 8.24. The van der Waals surface area contributed by atoms with Crippen molar-refractivity contribution in [1.29, 1.82) is 0 Å². The van der Waals surface area contributed by atoms with Crippen LogP contribution in [0.15, 0.2) is 28.7 Å². The van der Waals surface area contributed by atoms with Crippen LogP contribution < -0.4 is 5.73 Å². The van der Waals surface area contributed by atoms with Crippen molar-refractivity contribution in [2.45, 2.75) is 25.7 Å². The molecule has 1 amide bonds. The van der Waals surface area contributed by atoms with Crippen LogP contribution in [0.3, 0.4) is 0 Å². The fraction of sp³-hybridized carbons (Fsp3) is 0.533. The fourth-order valence-electron chi connectivity index (χ4n) is 2.56. The van der Waals surface area contributed by atoms with Gasteiger partial charge in [-0.05, 0) is 37.0 Å². The van der Waals surface area contributed by atoms with Crippen molar-refractivity contribution in [2.75, 3.05) is 20.1 Å². The molecule has 0 aliphatic heterocycles. The lowest BCUT2D eigenvalue weighted by molar-refractivity contribution is -0.145. The molecule has 1 fully saturated rings. The standard InChI is InChI=1S/C15H21BrN2O/c1-18(14(19)15(11-17)8-2-9-15)10-7-12-3-5-13(16)6-4-12/h3-6H,2,7-11,17H2,1H3. The van der Waals surface area contributed by atoms with Crippen molar-refractivity contribution in [2.24, 2.45) is 11.1 Å². The molecule has 0 unspecified atom stereocenters. The van der Waals surface area contributed by atoms with Crippen LogP contribution in [-0.4, -0.2) is 30.9 Å². The lowest BCUT2D eigenvalue weighted by Crippen LogP contribution is -2.51. The highest BCUT2D eigenvalue weighted by atomic mass is 79.9. The second-order valence-corrected chi connectivity index (χ2v) is 6.36. The molecule has 1 aliphatic carbocycles. The number of hydrogen-bond donors (Lipinski definition) is 1. The number of rotatable bonds is 5. The van der Waals surface area contributed by atoms with Gasteiger partial charge in [-0.25, -0.2) is 0 Å². The molecule has 4 heteroatoms. The summed E-state index contributed by atoms with van der Waals surface area (Å²) < 4.78 is 1.08. The highest BCUT2D eigenvalue weighted by Gasteiger charge is 2.44. The predicted molar refractivity (Wildman–Crippen MR) is 80.8 cm³/mol. The van der Waals surface area contributed by atoms with E-state index in [-0.39, 0.29) is 11.3 Å². The lowest BCUT2D eigenvalue weighted by Gasteiger charge is -2.41. The van der Waals surface area contributed by atoms with Crippen LogP contribution in [0.4, 0.5) is 0 Å². The van der Waals surface area contributed by atoms with Gasteiger partial charge < -0.3 is 10.6 Å². The van der Waals surface area contributed by atoms with Gasteiger partial charge in [-0.3, -0.25) is 4.79 Å². The minimum absolute atomic E-state index is 0.221. The number of nitrogens with two attached hydrogens (primary N) is 1. The predicted octanol–water partition coefficient (Wildman–Crippen LogP) is 2.58. The van der Waals surface area contributed by atoms with Gasteiger partial charge in [0.1, 0.15) is 0 Å². The van der Waals surface area contributed by atoms with E-state index >= 15 is 0 Å². The van der Waals surface area contributed by atoms with Crippen LogP contribution in [0.25, 0.3) is 0 Å². The Morgan fingerprint density at radius 2 is 2.00 bits per heavy atom. The summed E-state index contributed by atoms with van der Waals surface area (Å²) in [4.78, 5) is 14.2. The second kappa shape index (κ2) is 6.06. The van der Waals surface area contributed by atoms with Crippen molar-refractivity contribution in [1.82, 2.24) is 4.90 Å². The lowest BCUT2D eigenvalue weighted by atomic mass is 9.68. The zero-order valence-corrected chi connectivity index (χ0v) is 12.9. The Hall–Kier alpha value is -0.870. The van der Waals surface area contributed by atoms with Crippen molar-refractivity contribution in [3.8, 4) is 0 Å². The quantitative estimate of drug-likeness (QED) is 0.904. The maximum atomic E-state index is 12.4. The third kappa shape index (κ3) is 3.18. The van der Waals surface area contributed by atoms with Gasteiger partial charge >= 0.3 is 0 Å². The van der Waals surface area contributed by atoms with Crippen LogP contribution >= 0.6 is 15.9 Å². The van der Waals surface area contributed by atoms with Crippen molar-refractivity contribution >= 4 is 21.8 Å². The summed E-state index contributed by atoms with van der Waals surface area (Å²) in [5.74, 6) is 0.221. The SMILES string of the molecule is CN(CCc1ccc(Br)cc1)C(=O)C1(CN)CCC1. The van der Waals surface area contributed by atoms with Gasteiger partial charge in [0, 0.05) is 24.6 Å². The fourth-order valence-corrected chi connectivity index (χ4v) is 2.83. The summed E-state index contributed by atoms with van der Waals surface area (Å²) in [5.41, 5.74) is 6.77. The van der Waals surface area contributed by atoms with Gasteiger partial charge in [-0.2, -0.15) is 0 Å². The molecule has 3 nitrogen and oxygen atoms in total. The van der Waals surface area contributed by atoms with E-state index in [1.54, 1.807) is 0 Å². The number of nitrogens with zero attached hydrogens (tertiary/aromatic N) is 1. The van der Waals surface area contributed by atoms with E-state index in [1.165, 1.54) is 5.56 Å². The van der Waals surface area contributed by atoms with E-state index in [9.17, 15) is 4.79 Å². The average molecular weight is 325 g/mol. The summed E-state index contributed by atoms with van der Waals surface area (Å²) in [6.07, 6.45) is 3.91. The molecular formula is C15H21BrN2O. The van der Waals surface area contributed by atoms with Crippen molar-refractivity contribution in [3.63, 3.8) is 0 Å². The van der Waals surface area contributed by atoms with Crippen molar-refractivity contribution in [3.05, 3.63) is 34.3 Å². The maximum absolute atomic E-state index is 12.4. The highest BCUT2D eigenvalue weighted by molar-refractivity contribution is 9.10. The van der Waals surface area contributed by atoms with E-state index in [0.29, 0.717) is 6.54 Å². The minimum Gasteiger partial charge on any atom is -0.345 e. The first kappa shape index (κ1) is 14.5. The number of halogens is 1. The summed E-state index contributed by atoms with van der Waals surface area (Å²) >= 11 is 3.42. The molecular weight excluding hydrogens is 304 g/mol. The van der Waals surface area contributed by atoms with Crippen LogP contribution in [0.1, 0.15) is 24.8 Å². The Morgan fingerprint density at radius 1 is 1.37 bits per heavy atom. The summed E-state index contributed by atoms with van der Waals surface area (Å²) in [7, 11) is 1.89. The molecule has 0 aromatic heterocycles. The third-order valence-corrected chi connectivity index (χ3v) is 4.68. The van der Waals surface area contributed by atoms with E-state index in [2.05, 4.69) is 28.1 Å². The van der Waals surface area contributed by atoms with Gasteiger partial charge in [-0.15, -0.1) is 0 Å². The Bertz CT molecular complexity index is 434. The molecule has 0 radical (unpaired) electrons. The van der Waals surface area contributed by atoms with Crippen LogP contribution in [0, 0.1) is 5.41 Å². The second-order valence-electron chi connectivity index (χ2n) is 5.44. The van der Waals surface area contributed by atoms with Gasteiger partial charge in [-0.1, -0.05) is 34.5 Å². The Morgan fingerprint density at radius 3 is 2.47 bits per heavy atom. The molecule has 0 saturated heterocycles.